The minimum Gasteiger partial charge on any atom is -0.380 e. The zero-order chi connectivity index (χ0) is 14.6. The van der Waals surface area contributed by atoms with Gasteiger partial charge in [-0.05, 0) is 47.1 Å². The number of unbranched alkanes of at least 4 members (excludes halogenated alkanes) is 1. The molecule has 114 valence electrons. The first-order valence-corrected chi connectivity index (χ1v) is 7.13. The largest absolute Gasteiger partial charge is 0.380 e. The van der Waals surface area contributed by atoms with E-state index in [0.29, 0.717) is 19.8 Å². The minimum absolute atomic E-state index is 0.0835. The summed E-state index contributed by atoms with van der Waals surface area (Å²) in [7, 11) is 0. The highest BCUT2D eigenvalue weighted by Gasteiger charge is 2.06. The summed E-state index contributed by atoms with van der Waals surface area (Å²) in [5.74, 6) is -0.0835. The first-order chi connectivity index (χ1) is 8.95. The van der Waals surface area contributed by atoms with Crippen molar-refractivity contribution in [1.29, 1.82) is 0 Å². The second-order valence-electron chi connectivity index (χ2n) is 5.48. The molecular formula is C14H30N2O3. The van der Waals surface area contributed by atoms with Crippen LogP contribution >= 0.6 is 0 Å². The van der Waals surface area contributed by atoms with E-state index < -0.39 is 0 Å². The lowest BCUT2D eigenvalue weighted by Crippen LogP contribution is -2.36. The summed E-state index contributed by atoms with van der Waals surface area (Å²) in [5, 5.41) is 6.17. The van der Waals surface area contributed by atoms with Gasteiger partial charge < -0.3 is 20.1 Å². The van der Waals surface area contributed by atoms with Crippen molar-refractivity contribution >= 4 is 5.91 Å². The minimum atomic E-state index is -0.0835. The van der Waals surface area contributed by atoms with Gasteiger partial charge in [0.1, 0.15) is 6.61 Å². The second-order valence-corrected chi connectivity index (χ2v) is 5.48. The van der Waals surface area contributed by atoms with Crippen molar-refractivity contribution in [2.45, 2.75) is 46.1 Å². The fraction of sp³-hybridized carbons (Fsp3) is 0.929. The van der Waals surface area contributed by atoms with Gasteiger partial charge in [0.05, 0.1) is 6.61 Å². The third-order valence-electron chi connectivity index (χ3n) is 2.38. The van der Waals surface area contributed by atoms with Crippen LogP contribution in [0.15, 0.2) is 0 Å². The molecule has 0 fully saturated rings. The van der Waals surface area contributed by atoms with E-state index in [1.54, 1.807) is 0 Å². The van der Waals surface area contributed by atoms with Crippen molar-refractivity contribution in [3.8, 4) is 0 Å². The summed E-state index contributed by atoms with van der Waals surface area (Å²) in [6, 6.07) is 0. The van der Waals surface area contributed by atoms with Crippen LogP contribution in [-0.2, 0) is 14.3 Å². The SMILES string of the molecule is CCOCC(=O)NCCOCCCCNC(C)(C)C. The fourth-order valence-corrected chi connectivity index (χ4v) is 1.40. The van der Waals surface area contributed by atoms with E-state index in [1.165, 1.54) is 0 Å². The Morgan fingerprint density at radius 2 is 1.79 bits per heavy atom. The number of hydrogen-bond donors (Lipinski definition) is 2. The average Bonchev–Trinajstić information content (AvgIpc) is 2.33. The van der Waals surface area contributed by atoms with Gasteiger partial charge >= 0.3 is 0 Å². The summed E-state index contributed by atoms with van der Waals surface area (Å²) in [4.78, 5) is 11.2. The molecule has 0 saturated carbocycles. The smallest absolute Gasteiger partial charge is 0.246 e. The Balaban J connectivity index is 3.17. The Kier molecular flexibility index (Phi) is 10.8. The van der Waals surface area contributed by atoms with E-state index >= 15 is 0 Å². The molecule has 0 saturated heterocycles. The molecule has 0 atom stereocenters. The van der Waals surface area contributed by atoms with Crippen LogP contribution in [-0.4, -0.2) is 51.0 Å². The molecule has 0 aliphatic rings. The second kappa shape index (κ2) is 11.2. The average molecular weight is 274 g/mol. The molecule has 0 aliphatic heterocycles. The highest BCUT2D eigenvalue weighted by molar-refractivity contribution is 5.77. The molecule has 0 aliphatic carbocycles. The van der Waals surface area contributed by atoms with E-state index in [2.05, 4.69) is 31.4 Å². The van der Waals surface area contributed by atoms with Crippen molar-refractivity contribution in [2.75, 3.05) is 39.5 Å². The van der Waals surface area contributed by atoms with Gasteiger partial charge in [-0.2, -0.15) is 0 Å². The van der Waals surface area contributed by atoms with Crippen LogP contribution in [0.3, 0.4) is 0 Å². The molecular weight excluding hydrogens is 244 g/mol. The van der Waals surface area contributed by atoms with E-state index in [0.717, 1.165) is 26.0 Å². The van der Waals surface area contributed by atoms with Gasteiger partial charge in [0.15, 0.2) is 0 Å². The topological polar surface area (TPSA) is 59.6 Å². The molecule has 0 aromatic carbocycles. The summed E-state index contributed by atoms with van der Waals surface area (Å²) >= 11 is 0. The number of amides is 1. The molecule has 2 N–H and O–H groups in total. The van der Waals surface area contributed by atoms with E-state index in [4.69, 9.17) is 9.47 Å². The van der Waals surface area contributed by atoms with E-state index in [-0.39, 0.29) is 18.1 Å². The molecule has 5 heteroatoms. The van der Waals surface area contributed by atoms with E-state index in [9.17, 15) is 4.79 Å². The molecule has 5 nitrogen and oxygen atoms in total. The number of nitrogens with one attached hydrogen (secondary N) is 2. The molecule has 0 unspecified atom stereocenters. The highest BCUT2D eigenvalue weighted by Crippen LogP contribution is 1.99. The third-order valence-corrected chi connectivity index (χ3v) is 2.38. The standard InChI is InChI=1S/C14H30N2O3/c1-5-18-12-13(17)15-9-11-19-10-7-6-8-16-14(2,3)4/h16H,5-12H2,1-4H3,(H,15,17). The van der Waals surface area contributed by atoms with Crippen LogP contribution in [0, 0.1) is 0 Å². The van der Waals surface area contributed by atoms with Crippen LogP contribution in [0.25, 0.3) is 0 Å². The maximum Gasteiger partial charge on any atom is 0.246 e. The molecule has 19 heavy (non-hydrogen) atoms. The first kappa shape index (κ1) is 18.4. The van der Waals surface area contributed by atoms with Crippen molar-refractivity contribution in [3.05, 3.63) is 0 Å². The molecule has 0 radical (unpaired) electrons. The third kappa shape index (κ3) is 15.3. The van der Waals surface area contributed by atoms with Crippen LogP contribution in [0.4, 0.5) is 0 Å². The number of rotatable bonds is 11. The van der Waals surface area contributed by atoms with Gasteiger partial charge in [-0.25, -0.2) is 0 Å². The lowest BCUT2D eigenvalue weighted by molar-refractivity contribution is -0.125. The number of carbonyl (C=O) groups excluding carboxylic acids is 1. The van der Waals surface area contributed by atoms with Crippen molar-refractivity contribution in [3.63, 3.8) is 0 Å². The fourth-order valence-electron chi connectivity index (χ4n) is 1.40. The maximum atomic E-state index is 11.2. The van der Waals surface area contributed by atoms with Crippen LogP contribution in [0.1, 0.15) is 40.5 Å². The van der Waals surface area contributed by atoms with Crippen LogP contribution < -0.4 is 10.6 Å². The van der Waals surface area contributed by atoms with Gasteiger partial charge in [0.2, 0.25) is 5.91 Å². The van der Waals surface area contributed by atoms with Gasteiger partial charge in [-0.15, -0.1) is 0 Å². The van der Waals surface area contributed by atoms with Crippen LogP contribution in [0.2, 0.25) is 0 Å². The summed E-state index contributed by atoms with van der Waals surface area (Å²) in [6.45, 7) is 11.9. The molecule has 0 heterocycles. The number of carbonyl (C=O) groups is 1. The van der Waals surface area contributed by atoms with Gasteiger partial charge in [-0.3, -0.25) is 4.79 Å². The normalized spacial score (nSPS) is 11.6. The molecule has 0 aromatic rings. The summed E-state index contributed by atoms with van der Waals surface area (Å²) in [5.41, 5.74) is 0.186. The Morgan fingerprint density at radius 1 is 1.05 bits per heavy atom. The van der Waals surface area contributed by atoms with Crippen LogP contribution in [0.5, 0.6) is 0 Å². The van der Waals surface area contributed by atoms with Crippen molar-refractivity contribution in [2.24, 2.45) is 0 Å². The van der Waals surface area contributed by atoms with Gasteiger partial charge in [0.25, 0.3) is 0 Å². The Morgan fingerprint density at radius 3 is 2.42 bits per heavy atom. The molecule has 0 bridgehead atoms. The number of ether oxygens (including phenoxy) is 2. The maximum absolute atomic E-state index is 11.2. The molecule has 1 amide bonds. The Bertz CT molecular complexity index is 227. The first-order valence-electron chi connectivity index (χ1n) is 7.13. The van der Waals surface area contributed by atoms with Crippen molar-refractivity contribution in [1.82, 2.24) is 10.6 Å². The summed E-state index contributed by atoms with van der Waals surface area (Å²) in [6.07, 6.45) is 2.14. The Hall–Kier alpha value is -0.650. The monoisotopic (exact) mass is 274 g/mol. The van der Waals surface area contributed by atoms with Crippen molar-refractivity contribution < 1.29 is 14.3 Å². The zero-order valence-corrected chi connectivity index (χ0v) is 12.9. The predicted molar refractivity (Wildman–Crippen MR) is 77.3 cm³/mol. The van der Waals surface area contributed by atoms with Gasteiger partial charge in [-0.1, -0.05) is 0 Å². The lowest BCUT2D eigenvalue weighted by Gasteiger charge is -2.20. The number of hydrogen-bond acceptors (Lipinski definition) is 4. The molecule has 0 aromatic heterocycles. The van der Waals surface area contributed by atoms with E-state index in [1.807, 2.05) is 6.92 Å². The highest BCUT2D eigenvalue weighted by atomic mass is 16.5. The Labute approximate surface area is 117 Å². The zero-order valence-electron chi connectivity index (χ0n) is 12.9. The quantitative estimate of drug-likeness (QED) is 0.558. The van der Waals surface area contributed by atoms with Gasteiger partial charge in [0, 0.05) is 25.3 Å². The lowest BCUT2D eigenvalue weighted by atomic mass is 10.1. The summed E-state index contributed by atoms with van der Waals surface area (Å²) < 4.78 is 10.4. The predicted octanol–water partition coefficient (Wildman–Crippen LogP) is 1.32. The molecule has 0 spiro atoms. The molecule has 0 rings (SSSR count).